The number of hydrogen-bond acceptors (Lipinski definition) is 10. The third kappa shape index (κ3) is 2.55. The van der Waals surface area contributed by atoms with Gasteiger partial charge in [0.2, 0.25) is 0 Å². The van der Waals surface area contributed by atoms with Gasteiger partial charge in [0, 0.05) is 0 Å². The molecular formula is C12H22O10. The van der Waals surface area contributed by atoms with Gasteiger partial charge in [-0.2, -0.15) is 0 Å². The molecule has 0 radical (unpaired) electrons. The Balaban J connectivity index is 2.32. The molecule has 8 N–H and O–H groups in total. The number of ether oxygens (including phenoxy) is 2. The van der Waals surface area contributed by atoms with Crippen molar-refractivity contribution >= 4 is 0 Å². The highest BCUT2D eigenvalue weighted by molar-refractivity contribution is 5.09. The normalized spacial score (nSPS) is 56.9. The molecule has 2 rings (SSSR count). The van der Waals surface area contributed by atoms with Crippen LogP contribution in [0.2, 0.25) is 0 Å². The Hall–Kier alpha value is -0.400. The smallest absolute Gasteiger partial charge is 0.189 e. The van der Waals surface area contributed by atoms with Gasteiger partial charge in [0.25, 0.3) is 0 Å². The van der Waals surface area contributed by atoms with Crippen LogP contribution in [0.1, 0.15) is 6.92 Å². The highest BCUT2D eigenvalue weighted by atomic mass is 16.7. The van der Waals surface area contributed by atoms with Gasteiger partial charge < -0.3 is 50.3 Å². The maximum atomic E-state index is 10.6. The fourth-order valence-electron chi connectivity index (χ4n) is 2.87. The Bertz CT molecular complexity index is 394. The molecule has 0 bridgehead atoms. The van der Waals surface area contributed by atoms with Crippen molar-refractivity contribution in [3.63, 3.8) is 0 Å². The standard InChI is InChI=1S/C12H22O10/c1-3-5(14)7(16)8(17)10(21-3)12(20)9(18)6(15)4(2-13)22-11(12)19/h3-11,13-20H,2H2,1H3/t3-,4-,5-,6-,7+,8+,9+,10-,11+,12+/m1/s1. The Labute approximate surface area is 125 Å². The summed E-state index contributed by atoms with van der Waals surface area (Å²) in [5.41, 5.74) is -2.68. The lowest BCUT2D eigenvalue weighted by Gasteiger charge is -2.53. The Morgan fingerprint density at radius 1 is 0.864 bits per heavy atom. The highest BCUT2D eigenvalue weighted by Crippen LogP contribution is 2.38. The first-order chi connectivity index (χ1) is 10.2. The van der Waals surface area contributed by atoms with E-state index in [9.17, 15) is 35.7 Å². The monoisotopic (exact) mass is 326 g/mol. The maximum absolute atomic E-state index is 10.6. The molecule has 2 saturated heterocycles. The van der Waals surface area contributed by atoms with E-state index >= 15 is 0 Å². The molecule has 130 valence electrons. The second kappa shape index (κ2) is 6.24. The minimum absolute atomic E-state index is 0.725. The highest BCUT2D eigenvalue weighted by Gasteiger charge is 2.63. The second-order valence-electron chi connectivity index (χ2n) is 5.77. The quantitative estimate of drug-likeness (QED) is 0.245. The summed E-state index contributed by atoms with van der Waals surface area (Å²) in [6.07, 6.45) is -15.1. The Morgan fingerprint density at radius 2 is 1.45 bits per heavy atom. The van der Waals surface area contributed by atoms with Crippen molar-refractivity contribution in [1.29, 1.82) is 0 Å². The lowest BCUT2D eigenvalue weighted by Crippen LogP contribution is -2.76. The fourth-order valence-corrected chi connectivity index (χ4v) is 2.87. The van der Waals surface area contributed by atoms with Crippen molar-refractivity contribution in [1.82, 2.24) is 0 Å². The molecule has 2 heterocycles. The van der Waals surface area contributed by atoms with Crippen LogP contribution in [0.15, 0.2) is 0 Å². The minimum Gasteiger partial charge on any atom is -0.394 e. The third-order valence-electron chi connectivity index (χ3n) is 4.37. The summed E-state index contributed by atoms with van der Waals surface area (Å²) in [5, 5.41) is 78.8. The fraction of sp³-hybridized carbons (Fsp3) is 1.00. The van der Waals surface area contributed by atoms with Crippen molar-refractivity contribution in [3.05, 3.63) is 0 Å². The van der Waals surface area contributed by atoms with Gasteiger partial charge in [-0.1, -0.05) is 0 Å². The van der Waals surface area contributed by atoms with E-state index in [0.29, 0.717) is 0 Å². The van der Waals surface area contributed by atoms with Crippen molar-refractivity contribution in [3.8, 4) is 0 Å². The average Bonchev–Trinajstić information content (AvgIpc) is 2.50. The summed E-state index contributed by atoms with van der Waals surface area (Å²) in [5.74, 6) is 0. The van der Waals surface area contributed by atoms with Crippen molar-refractivity contribution in [2.75, 3.05) is 6.61 Å². The predicted octanol–water partition coefficient (Wildman–Crippen LogP) is -4.98. The van der Waals surface area contributed by atoms with Crippen LogP contribution in [-0.2, 0) is 9.47 Å². The summed E-state index contributed by atoms with van der Waals surface area (Å²) in [7, 11) is 0. The molecule has 0 aromatic rings. The van der Waals surface area contributed by atoms with Crippen molar-refractivity contribution < 1.29 is 50.3 Å². The number of aliphatic hydroxyl groups is 8. The van der Waals surface area contributed by atoms with Gasteiger partial charge in [-0.15, -0.1) is 0 Å². The van der Waals surface area contributed by atoms with Crippen LogP contribution in [0.3, 0.4) is 0 Å². The van der Waals surface area contributed by atoms with Gasteiger partial charge in [0.15, 0.2) is 11.9 Å². The van der Waals surface area contributed by atoms with Crippen LogP contribution in [0.5, 0.6) is 0 Å². The Morgan fingerprint density at radius 3 is 2.00 bits per heavy atom. The van der Waals surface area contributed by atoms with Gasteiger partial charge in [-0.25, -0.2) is 0 Å². The summed E-state index contributed by atoms with van der Waals surface area (Å²) < 4.78 is 10.0. The molecule has 0 aliphatic carbocycles. The molecular weight excluding hydrogens is 304 g/mol. The van der Waals surface area contributed by atoms with Crippen LogP contribution in [0.25, 0.3) is 0 Å². The van der Waals surface area contributed by atoms with Gasteiger partial charge in [0.05, 0.1) is 12.7 Å². The van der Waals surface area contributed by atoms with E-state index in [1.54, 1.807) is 0 Å². The van der Waals surface area contributed by atoms with Crippen LogP contribution in [-0.4, -0.2) is 108 Å². The third-order valence-corrected chi connectivity index (χ3v) is 4.37. The molecule has 0 amide bonds. The van der Waals surface area contributed by atoms with E-state index in [1.165, 1.54) is 6.92 Å². The van der Waals surface area contributed by atoms with E-state index in [-0.39, 0.29) is 0 Å². The summed E-state index contributed by atoms with van der Waals surface area (Å²) in [6.45, 7) is 0.628. The first-order valence-electron chi connectivity index (χ1n) is 6.88. The van der Waals surface area contributed by atoms with E-state index in [2.05, 4.69) is 0 Å². The van der Waals surface area contributed by atoms with Crippen LogP contribution < -0.4 is 0 Å². The summed E-state index contributed by atoms with van der Waals surface area (Å²) >= 11 is 0. The zero-order valence-corrected chi connectivity index (χ0v) is 11.8. The van der Waals surface area contributed by atoms with Gasteiger partial charge in [-0.05, 0) is 6.92 Å². The number of aliphatic hydroxyl groups excluding tert-OH is 7. The molecule has 2 aliphatic heterocycles. The molecule has 22 heavy (non-hydrogen) atoms. The molecule has 0 unspecified atom stereocenters. The minimum atomic E-state index is -2.68. The molecule has 0 saturated carbocycles. The van der Waals surface area contributed by atoms with E-state index < -0.39 is 67.3 Å². The average molecular weight is 326 g/mol. The molecule has 0 aromatic heterocycles. The first-order valence-corrected chi connectivity index (χ1v) is 6.88. The lowest BCUT2D eigenvalue weighted by atomic mass is 9.77. The lowest BCUT2D eigenvalue weighted by molar-refractivity contribution is -0.376. The van der Waals surface area contributed by atoms with Crippen LogP contribution >= 0.6 is 0 Å². The molecule has 10 nitrogen and oxygen atoms in total. The van der Waals surface area contributed by atoms with Crippen molar-refractivity contribution in [2.24, 2.45) is 0 Å². The molecule has 0 aromatic carbocycles. The molecule has 10 atom stereocenters. The predicted molar refractivity (Wildman–Crippen MR) is 67.3 cm³/mol. The maximum Gasteiger partial charge on any atom is 0.189 e. The summed E-state index contributed by atoms with van der Waals surface area (Å²) in [4.78, 5) is 0. The van der Waals surface area contributed by atoms with Crippen LogP contribution in [0.4, 0.5) is 0 Å². The molecule has 2 aliphatic rings. The number of rotatable bonds is 2. The van der Waals surface area contributed by atoms with Crippen LogP contribution in [0, 0.1) is 0 Å². The molecule has 2 fully saturated rings. The SMILES string of the molecule is C[C@H]1O[C@@H]([C@]2(O)[C@@H](O)O[C@H](CO)[C@@H](O)[C@@H]2O)[C@@H](O)[C@@H](O)[C@@H]1O. The van der Waals surface area contributed by atoms with E-state index in [1.807, 2.05) is 0 Å². The largest absolute Gasteiger partial charge is 0.394 e. The first kappa shape index (κ1) is 17.9. The second-order valence-corrected chi connectivity index (χ2v) is 5.77. The van der Waals surface area contributed by atoms with Gasteiger partial charge in [0.1, 0.15) is 42.7 Å². The zero-order chi connectivity index (χ0) is 16.8. The molecule has 10 heteroatoms. The topological polar surface area (TPSA) is 180 Å². The number of hydrogen-bond donors (Lipinski definition) is 8. The van der Waals surface area contributed by atoms with E-state index in [0.717, 1.165) is 0 Å². The molecule has 0 spiro atoms. The van der Waals surface area contributed by atoms with Gasteiger partial charge >= 0.3 is 0 Å². The zero-order valence-electron chi connectivity index (χ0n) is 11.8. The Kier molecular flexibility index (Phi) is 5.09. The van der Waals surface area contributed by atoms with Crippen molar-refractivity contribution in [2.45, 2.75) is 67.6 Å². The summed E-state index contributed by atoms with van der Waals surface area (Å²) in [6, 6.07) is 0. The van der Waals surface area contributed by atoms with Gasteiger partial charge in [-0.3, -0.25) is 0 Å². The van der Waals surface area contributed by atoms with E-state index in [4.69, 9.17) is 14.6 Å².